The number of thiazole rings is 1. The molecule has 94 valence electrons. The van der Waals surface area contributed by atoms with Crippen molar-refractivity contribution in [1.29, 1.82) is 0 Å². The summed E-state index contributed by atoms with van der Waals surface area (Å²) in [5, 5.41) is 5.24. The highest BCUT2D eigenvalue weighted by Gasteiger charge is 2.10. The van der Waals surface area contributed by atoms with Gasteiger partial charge < -0.3 is 5.32 Å². The fraction of sp³-hybridized carbons (Fsp3) is 0.167. The van der Waals surface area contributed by atoms with E-state index in [2.05, 4.69) is 26.2 Å². The van der Waals surface area contributed by atoms with Crippen molar-refractivity contribution in [3.63, 3.8) is 0 Å². The molecule has 1 N–H and O–H groups in total. The van der Waals surface area contributed by atoms with Crippen LogP contribution < -0.4 is 5.32 Å². The van der Waals surface area contributed by atoms with Crippen LogP contribution in [0, 0.1) is 0 Å². The molecule has 3 nitrogen and oxygen atoms in total. The minimum atomic E-state index is -0.170. The largest absolute Gasteiger partial charge is 0.352 e. The van der Waals surface area contributed by atoms with E-state index in [9.17, 15) is 4.79 Å². The zero-order valence-corrected chi connectivity index (χ0v) is 12.5. The number of halogens is 2. The number of aromatic nitrogens is 1. The van der Waals surface area contributed by atoms with Crippen LogP contribution in [0.1, 0.15) is 16.1 Å². The molecule has 0 bridgehead atoms. The predicted octanol–water partition coefficient (Wildman–Crippen LogP) is 3.53. The monoisotopic (exact) mass is 344 g/mol. The van der Waals surface area contributed by atoms with E-state index in [1.807, 2.05) is 5.38 Å². The van der Waals surface area contributed by atoms with Gasteiger partial charge in [-0.3, -0.25) is 4.79 Å². The third-order valence-electron chi connectivity index (χ3n) is 2.32. The molecule has 0 aliphatic heterocycles. The summed E-state index contributed by atoms with van der Waals surface area (Å²) in [5.74, 6) is -0.170. The Kier molecular flexibility index (Phi) is 4.74. The van der Waals surface area contributed by atoms with Crippen LogP contribution in [0.25, 0.3) is 0 Å². The zero-order valence-electron chi connectivity index (χ0n) is 9.32. The summed E-state index contributed by atoms with van der Waals surface area (Å²) in [4.78, 5) is 16.1. The van der Waals surface area contributed by atoms with Gasteiger partial charge in [0, 0.05) is 22.8 Å². The minimum absolute atomic E-state index is 0.170. The van der Waals surface area contributed by atoms with Gasteiger partial charge in [0.05, 0.1) is 21.8 Å². The van der Waals surface area contributed by atoms with Crippen LogP contribution in [0.5, 0.6) is 0 Å². The van der Waals surface area contributed by atoms with Crippen LogP contribution in [0.15, 0.2) is 33.6 Å². The van der Waals surface area contributed by atoms with Gasteiger partial charge in [-0.15, -0.1) is 11.3 Å². The van der Waals surface area contributed by atoms with Gasteiger partial charge in [0.2, 0.25) is 0 Å². The fourth-order valence-corrected chi connectivity index (χ4v) is 2.59. The Morgan fingerprint density at radius 1 is 1.50 bits per heavy atom. The van der Waals surface area contributed by atoms with Crippen LogP contribution in [-0.2, 0) is 6.42 Å². The Labute approximate surface area is 122 Å². The molecule has 0 saturated carbocycles. The van der Waals surface area contributed by atoms with Crippen LogP contribution in [0.2, 0.25) is 5.02 Å². The molecule has 2 aromatic rings. The number of benzene rings is 1. The predicted molar refractivity (Wildman–Crippen MR) is 77.3 cm³/mol. The van der Waals surface area contributed by atoms with Gasteiger partial charge >= 0.3 is 0 Å². The first-order chi connectivity index (χ1) is 8.66. The molecule has 0 radical (unpaired) electrons. The third-order valence-corrected chi connectivity index (χ3v) is 3.78. The molecule has 0 atom stereocenters. The molecule has 0 unspecified atom stereocenters. The molecule has 1 aromatic heterocycles. The molecule has 0 aliphatic carbocycles. The van der Waals surface area contributed by atoms with Crippen LogP contribution in [0.3, 0.4) is 0 Å². The lowest BCUT2D eigenvalue weighted by molar-refractivity contribution is 0.0954. The van der Waals surface area contributed by atoms with Crippen LogP contribution >= 0.6 is 38.9 Å². The van der Waals surface area contributed by atoms with Crippen molar-refractivity contribution in [2.24, 2.45) is 0 Å². The van der Waals surface area contributed by atoms with Crippen molar-refractivity contribution < 1.29 is 4.79 Å². The highest BCUT2D eigenvalue weighted by atomic mass is 79.9. The topological polar surface area (TPSA) is 42.0 Å². The lowest BCUT2D eigenvalue weighted by Crippen LogP contribution is -2.26. The minimum Gasteiger partial charge on any atom is -0.352 e. The van der Waals surface area contributed by atoms with E-state index in [0.29, 0.717) is 17.1 Å². The van der Waals surface area contributed by atoms with E-state index in [1.54, 1.807) is 35.0 Å². The SMILES string of the molecule is O=C(NCCc1cscn1)c1cc(Br)ccc1Cl. The van der Waals surface area contributed by atoms with E-state index < -0.39 is 0 Å². The average molecular weight is 346 g/mol. The lowest BCUT2D eigenvalue weighted by atomic mass is 10.2. The van der Waals surface area contributed by atoms with Gasteiger partial charge in [0.25, 0.3) is 5.91 Å². The molecule has 0 fully saturated rings. The van der Waals surface area contributed by atoms with Gasteiger partial charge in [-0.25, -0.2) is 4.98 Å². The Morgan fingerprint density at radius 2 is 2.33 bits per heavy atom. The number of rotatable bonds is 4. The van der Waals surface area contributed by atoms with Gasteiger partial charge in [0.1, 0.15) is 0 Å². The van der Waals surface area contributed by atoms with Crippen molar-refractivity contribution in [2.75, 3.05) is 6.54 Å². The highest BCUT2D eigenvalue weighted by molar-refractivity contribution is 9.10. The molecule has 1 amide bonds. The Hall–Kier alpha value is -0.910. The maximum atomic E-state index is 11.9. The Bertz CT molecular complexity index is 545. The molecule has 2 rings (SSSR count). The maximum absolute atomic E-state index is 11.9. The third kappa shape index (κ3) is 3.54. The van der Waals surface area contributed by atoms with E-state index in [4.69, 9.17) is 11.6 Å². The first-order valence-electron chi connectivity index (χ1n) is 5.27. The van der Waals surface area contributed by atoms with Crippen LogP contribution in [0.4, 0.5) is 0 Å². The summed E-state index contributed by atoms with van der Waals surface area (Å²) in [6, 6.07) is 5.20. The van der Waals surface area contributed by atoms with Crippen molar-refractivity contribution in [3.05, 3.63) is 49.8 Å². The van der Waals surface area contributed by atoms with Crippen molar-refractivity contribution >= 4 is 44.8 Å². The molecule has 0 saturated heterocycles. The summed E-state index contributed by atoms with van der Waals surface area (Å²) in [5.41, 5.74) is 3.24. The quantitative estimate of drug-likeness (QED) is 0.921. The van der Waals surface area contributed by atoms with E-state index in [-0.39, 0.29) is 5.91 Å². The highest BCUT2D eigenvalue weighted by Crippen LogP contribution is 2.20. The molecule has 6 heteroatoms. The van der Waals surface area contributed by atoms with Crippen molar-refractivity contribution in [2.45, 2.75) is 6.42 Å². The van der Waals surface area contributed by atoms with Gasteiger partial charge in [0.15, 0.2) is 0 Å². The summed E-state index contributed by atoms with van der Waals surface area (Å²) >= 11 is 10.8. The fourth-order valence-electron chi connectivity index (χ4n) is 1.43. The van der Waals surface area contributed by atoms with E-state index in [1.165, 1.54) is 0 Å². The van der Waals surface area contributed by atoms with Gasteiger partial charge in [-0.05, 0) is 18.2 Å². The molecule has 0 aliphatic rings. The van der Waals surface area contributed by atoms with Crippen LogP contribution in [-0.4, -0.2) is 17.4 Å². The van der Waals surface area contributed by atoms with E-state index >= 15 is 0 Å². The summed E-state index contributed by atoms with van der Waals surface area (Å²) < 4.78 is 0.830. The van der Waals surface area contributed by atoms with Gasteiger partial charge in [-0.1, -0.05) is 27.5 Å². The van der Waals surface area contributed by atoms with Gasteiger partial charge in [-0.2, -0.15) is 0 Å². The molecule has 1 heterocycles. The second-order valence-electron chi connectivity index (χ2n) is 3.61. The second kappa shape index (κ2) is 6.31. The molecular formula is C12H10BrClN2OS. The molecule has 0 spiro atoms. The molecule has 18 heavy (non-hydrogen) atoms. The number of carbonyl (C=O) groups is 1. The first-order valence-corrected chi connectivity index (χ1v) is 7.38. The lowest BCUT2D eigenvalue weighted by Gasteiger charge is -2.06. The van der Waals surface area contributed by atoms with E-state index in [0.717, 1.165) is 16.6 Å². The van der Waals surface area contributed by atoms with Crippen molar-refractivity contribution in [3.8, 4) is 0 Å². The number of amides is 1. The number of hydrogen-bond acceptors (Lipinski definition) is 3. The maximum Gasteiger partial charge on any atom is 0.252 e. The van der Waals surface area contributed by atoms with Crippen molar-refractivity contribution in [1.82, 2.24) is 10.3 Å². The summed E-state index contributed by atoms with van der Waals surface area (Å²) in [7, 11) is 0. The first kappa shape index (κ1) is 13.5. The molecular weight excluding hydrogens is 336 g/mol. The summed E-state index contributed by atoms with van der Waals surface area (Å²) in [6.45, 7) is 0.547. The number of carbonyl (C=O) groups excluding carboxylic acids is 1. The standard InChI is InChI=1S/C12H10BrClN2OS/c13-8-1-2-11(14)10(5-8)12(17)15-4-3-9-6-18-7-16-9/h1-2,5-7H,3-4H2,(H,15,17). The molecule has 1 aromatic carbocycles. The average Bonchev–Trinajstić information content (AvgIpc) is 2.85. The number of hydrogen-bond donors (Lipinski definition) is 1. The number of nitrogens with one attached hydrogen (secondary N) is 1. The Balaban J connectivity index is 1.93. The normalized spacial score (nSPS) is 10.3. The zero-order chi connectivity index (χ0) is 13.0. The Morgan fingerprint density at radius 3 is 3.06 bits per heavy atom. The smallest absolute Gasteiger partial charge is 0.252 e. The number of nitrogens with zero attached hydrogens (tertiary/aromatic N) is 1. The summed E-state index contributed by atoms with van der Waals surface area (Å²) in [6.07, 6.45) is 0.723. The second-order valence-corrected chi connectivity index (χ2v) is 5.65.